The fraction of sp³-hybridized carbons (Fsp3) is 0.440. The molecule has 0 unspecified atom stereocenters. The number of hydrogen-bond acceptors (Lipinski definition) is 4. The predicted octanol–water partition coefficient (Wildman–Crippen LogP) is 3.54. The van der Waals surface area contributed by atoms with E-state index in [4.69, 9.17) is 0 Å². The second kappa shape index (κ2) is 10.5. The van der Waals surface area contributed by atoms with Gasteiger partial charge in [0.05, 0.1) is 11.9 Å². The van der Waals surface area contributed by atoms with Crippen LogP contribution in [0, 0.1) is 19.7 Å². The van der Waals surface area contributed by atoms with Gasteiger partial charge in [0, 0.05) is 12.1 Å². The SMILES string of the molecule is Cc1cccc(C)c1N(CC(=O)N(Cc1ccc(F)cc1)[C@@H](C)C(=O)NC(C)(C)C)S(C)(=O)=O. The van der Waals surface area contributed by atoms with Gasteiger partial charge in [-0.15, -0.1) is 0 Å². The van der Waals surface area contributed by atoms with Gasteiger partial charge in [0.1, 0.15) is 18.4 Å². The molecular formula is C25H34FN3O4S. The highest BCUT2D eigenvalue weighted by atomic mass is 32.2. The van der Waals surface area contributed by atoms with E-state index in [0.717, 1.165) is 10.6 Å². The molecule has 1 N–H and O–H groups in total. The Morgan fingerprint density at radius 1 is 1.03 bits per heavy atom. The molecule has 0 heterocycles. The Balaban J connectivity index is 2.45. The first-order valence-electron chi connectivity index (χ1n) is 11.0. The number of amides is 2. The van der Waals surface area contributed by atoms with Crippen LogP contribution in [0.3, 0.4) is 0 Å². The summed E-state index contributed by atoms with van der Waals surface area (Å²) in [4.78, 5) is 27.8. The van der Waals surface area contributed by atoms with Gasteiger partial charge < -0.3 is 10.2 Å². The summed E-state index contributed by atoms with van der Waals surface area (Å²) >= 11 is 0. The van der Waals surface area contributed by atoms with Crippen molar-refractivity contribution in [3.05, 3.63) is 65.0 Å². The third-order valence-corrected chi connectivity index (χ3v) is 6.41. The van der Waals surface area contributed by atoms with E-state index in [0.29, 0.717) is 22.4 Å². The minimum absolute atomic E-state index is 0.0161. The van der Waals surface area contributed by atoms with Crippen LogP contribution in [0.25, 0.3) is 0 Å². The van der Waals surface area contributed by atoms with Gasteiger partial charge in [0.2, 0.25) is 21.8 Å². The molecule has 7 nitrogen and oxygen atoms in total. The van der Waals surface area contributed by atoms with Crippen molar-refractivity contribution in [2.24, 2.45) is 0 Å². The number of nitrogens with one attached hydrogen (secondary N) is 1. The Labute approximate surface area is 202 Å². The molecule has 1 atom stereocenters. The Kier molecular flexibility index (Phi) is 8.47. The van der Waals surface area contributed by atoms with Gasteiger partial charge in [-0.2, -0.15) is 0 Å². The number of sulfonamides is 1. The number of carbonyl (C=O) groups excluding carboxylic acids is 2. The molecule has 2 aromatic rings. The fourth-order valence-electron chi connectivity index (χ4n) is 3.62. The first kappa shape index (κ1) is 27.3. The number of halogens is 1. The zero-order valence-corrected chi connectivity index (χ0v) is 21.7. The Bertz CT molecular complexity index is 1120. The van der Waals surface area contributed by atoms with E-state index in [1.807, 2.05) is 26.8 Å². The van der Waals surface area contributed by atoms with E-state index in [1.165, 1.54) is 29.2 Å². The highest BCUT2D eigenvalue weighted by Gasteiger charge is 2.32. The number of nitrogens with zero attached hydrogens (tertiary/aromatic N) is 2. The van der Waals surface area contributed by atoms with Crippen molar-refractivity contribution in [1.29, 1.82) is 0 Å². The number of carbonyl (C=O) groups is 2. The van der Waals surface area contributed by atoms with E-state index >= 15 is 0 Å². The van der Waals surface area contributed by atoms with E-state index in [2.05, 4.69) is 5.32 Å². The molecule has 0 aromatic heterocycles. The first-order valence-corrected chi connectivity index (χ1v) is 12.8. The average Bonchev–Trinajstić information content (AvgIpc) is 2.69. The highest BCUT2D eigenvalue weighted by molar-refractivity contribution is 7.92. The highest BCUT2D eigenvalue weighted by Crippen LogP contribution is 2.27. The standard InChI is InChI=1S/C25H34FN3O4S/c1-17-9-8-10-18(2)23(17)29(34(7,32)33)16-22(30)28(15-20-11-13-21(26)14-12-20)19(3)24(31)27-25(4,5)6/h8-14,19H,15-16H2,1-7H3,(H,27,31)/t19-/m0/s1. The lowest BCUT2D eigenvalue weighted by Gasteiger charge is -2.33. The Hall–Kier alpha value is -2.94. The number of anilines is 1. The maximum Gasteiger partial charge on any atom is 0.244 e. The van der Waals surface area contributed by atoms with Gasteiger partial charge in [0.25, 0.3) is 0 Å². The summed E-state index contributed by atoms with van der Waals surface area (Å²) in [7, 11) is -3.81. The van der Waals surface area contributed by atoms with Gasteiger partial charge in [-0.05, 0) is 70.4 Å². The number of benzene rings is 2. The van der Waals surface area contributed by atoms with Crippen molar-refractivity contribution in [1.82, 2.24) is 10.2 Å². The second-order valence-electron chi connectivity index (χ2n) is 9.57. The zero-order valence-electron chi connectivity index (χ0n) is 20.8. The van der Waals surface area contributed by atoms with E-state index in [1.54, 1.807) is 32.9 Å². The smallest absolute Gasteiger partial charge is 0.244 e. The van der Waals surface area contributed by atoms with Crippen molar-refractivity contribution in [2.45, 2.75) is 59.7 Å². The molecule has 2 rings (SSSR count). The molecule has 0 aliphatic rings. The third kappa shape index (κ3) is 7.28. The molecule has 34 heavy (non-hydrogen) atoms. The van der Waals surface area contributed by atoms with Crippen molar-refractivity contribution < 1.29 is 22.4 Å². The minimum Gasteiger partial charge on any atom is -0.350 e. The van der Waals surface area contributed by atoms with Crippen LogP contribution in [0.15, 0.2) is 42.5 Å². The Morgan fingerprint density at radius 3 is 2.03 bits per heavy atom. The van der Waals surface area contributed by atoms with E-state index in [9.17, 15) is 22.4 Å². The van der Waals surface area contributed by atoms with Gasteiger partial charge in [-0.25, -0.2) is 12.8 Å². The zero-order chi connectivity index (χ0) is 25.8. The molecule has 2 amide bonds. The van der Waals surface area contributed by atoms with Gasteiger partial charge >= 0.3 is 0 Å². The quantitative estimate of drug-likeness (QED) is 0.612. The number of rotatable bonds is 8. The summed E-state index contributed by atoms with van der Waals surface area (Å²) < 4.78 is 39.9. The van der Waals surface area contributed by atoms with Gasteiger partial charge in [-0.3, -0.25) is 13.9 Å². The Morgan fingerprint density at radius 2 is 1.56 bits per heavy atom. The number of hydrogen-bond donors (Lipinski definition) is 1. The summed E-state index contributed by atoms with van der Waals surface area (Å²) in [5.41, 5.74) is 1.95. The largest absolute Gasteiger partial charge is 0.350 e. The molecule has 0 aliphatic carbocycles. The molecule has 2 aromatic carbocycles. The third-order valence-electron chi connectivity index (χ3n) is 5.30. The topological polar surface area (TPSA) is 86.8 Å². The maximum atomic E-state index is 13.5. The normalized spacial score (nSPS) is 12.7. The average molecular weight is 492 g/mol. The van der Waals surface area contributed by atoms with E-state index < -0.39 is 39.9 Å². The summed E-state index contributed by atoms with van der Waals surface area (Å²) in [6.45, 7) is 10.2. The van der Waals surface area contributed by atoms with Crippen LogP contribution < -0.4 is 9.62 Å². The number of aryl methyl sites for hydroxylation is 2. The molecule has 0 aliphatic heterocycles. The summed E-state index contributed by atoms with van der Waals surface area (Å²) in [6.07, 6.45) is 1.05. The van der Waals surface area contributed by atoms with Crippen LogP contribution in [0.4, 0.5) is 10.1 Å². The van der Waals surface area contributed by atoms with Crippen LogP contribution in [0.2, 0.25) is 0 Å². The maximum absolute atomic E-state index is 13.5. The molecule has 9 heteroatoms. The van der Waals surface area contributed by atoms with Crippen molar-refractivity contribution in [2.75, 3.05) is 17.1 Å². The molecule has 0 spiro atoms. The second-order valence-corrected chi connectivity index (χ2v) is 11.5. The van der Waals surface area contributed by atoms with Crippen LogP contribution >= 0.6 is 0 Å². The molecule has 0 radical (unpaired) electrons. The molecular weight excluding hydrogens is 457 g/mol. The predicted molar refractivity (Wildman–Crippen MR) is 132 cm³/mol. The summed E-state index contributed by atoms with van der Waals surface area (Å²) in [5.74, 6) is -1.34. The molecule has 186 valence electrons. The van der Waals surface area contributed by atoms with Crippen LogP contribution in [0.5, 0.6) is 0 Å². The van der Waals surface area contributed by atoms with Gasteiger partial charge in [0.15, 0.2) is 0 Å². The number of para-hydroxylation sites is 1. The summed E-state index contributed by atoms with van der Waals surface area (Å²) in [5, 5.41) is 2.86. The van der Waals surface area contributed by atoms with Gasteiger partial charge in [-0.1, -0.05) is 30.3 Å². The lowest BCUT2D eigenvalue weighted by Crippen LogP contribution is -2.54. The van der Waals surface area contributed by atoms with Crippen molar-refractivity contribution in [3.8, 4) is 0 Å². The first-order chi connectivity index (χ1) is 15.6. The van der Waals surface area contributed by atoms with Crippen LogP contribution in [-0.4, -0.2) is 49.5 Å². The molecule has 0 saturated heterocycles. The minimum atomic E-state index is -3.81. The molecule has 0 bridgehead atoms. The molecule has 0 fully saturated rings. The summed E-state index contributed by atoms with van der Waals surface area (Å²) in [6, 6.07) is 10.1. The molecule has 0 saturated carbocycles. The van der Waals surface area contributed by atoms with Crippen molar-refractivity contribution in [3.63, 3.8) is 0 Å². The lowest BCUT2D eigenvalue weighted by molar-refractivity contribution is -0.140. The lowest BCUT2D eigenvalue weighted by atomic mass is 10.1. The van der Waals surface area contributed by atoms with Crippen LogP contribution in [-0.2, 0) is 26.2 Å². The van der Waals surface area contributed by atoms with E-state index in [-0.39, 0.29) is 12.5 Å². The van der Waals surface area contributed by atoms with Crippen molar-refractivity contribution >= 4 is 27.5 Å². The van der Waals surface area contributed by atoms with Crippen LogP contribution in [0.1, 0.15) is 44.4 Å². The fourth-order valence-corrected chi connectivity index (χ4v) is 4.58. The monoisotopic (exact) mass is 491 g/mol.